The van der Waals surface area contributed by atoms with Gasteiger partial charge in [0.1, 0.15) is 17.6 Å². The molecule has 0 aliphatic carbocycles. The number of amides is 1. The summed E-state index contributed by atoms with van der Waals surface area (Å²) in [5.74, 6) is 1.77. The van der Waals surface area contributed by atoms with Gasteiger partial charge >= 0.3 is 0 Å². The van der Waals surface area contributed by atoms with Crippen molar-refractivity contribution in [2.75, 3.05) is 20.2 Å². The minimum atomic E-state index is 0.0779. The number of carbonyl (C=O) groups is 1. The van der Waals surface area contributed by atoms with Crippen molar-refractivity contribution < 1.29 is 14.3 Å². The Balaban J connectivity index is 1.54. The number of hydrogen-bond donors (Lipinski definition) is 0. The highest BCUT2D eigenvalue weighted by molar-refractivity contribution is 5.94. The van der Waals surface area contributed by atoms with Crippen molar-refractivity contribution in [2.24, 2.45) is 0 Å². The zero-order valence-corrected chi connectivity index (χ0v) is 14.9. The molecular weight excluding hydrogens is 314 g/mol. The quantitative estimate of drug-likeness (QED) is 0.828. The van der Waals surface area contributed by atoms with E-state index >= 15 is 0 Å². The molecule has 2 aromatic rings. The number of benzene rings is 2. The number of carbonyl (C=O) groups excluding carboxylic acids is 1. The fourth-order valence-corrected chi connectivity index (χ4v) is 3.12. The second kappa shape index (κ2) is 8.06. The largest absolute Gasteiger partial charge is 0.497 e. The lowest BCUT2D eigenvalue weighted by atomic mass is 10.1. The van der Waals surface area contributed by atoms with Crippen LogP contribution in [0, 0.1) is 0 Å². The maximum atomic E-state index is 12.6. The van der Waals surface area contributed by atoms with E-state index in [1.54, 1.807) is 7.11 Å². The molecule has 1 amide bonds. The summed E-state index contributed by atoms with van der Waals surface area (Å²) >= 11 is 0. The summed E-state index contributed by atoms with van der Waals surface area (Å²) in [4.78, 5) is 14.5. The summed E-state index contributed by atoms with van der Waals surface area (Å²) in [5, 5.41) is 0. The fourth-order valence-electron chi connectivity index (χ4n) is 3.12. The van der Waals surface area contributed by atoms with Gasteiger partial charge in [-0.25, -0.2) is 0 Å². The first-order valence-corrected chi connectivity index (χ1v) is 8.88. The summed E-state index contributed by atoms with van der Waals surface area (Å²) in [6.07, 6.45) is 2.90. The Labute approximate surface area is 149 Å². The van der Waals surface area contributed by atoms with Crippen molar-refractivity contribution in [1.82, 2.24) is 4.90 Å². The number of hydrogen-bond acceptors (Lipinski definition) is 3. The minimum Gasteiger partial charge on any atom is -0.497 e. The van der Waals surface area contributed by atoms with Gasteiger partial charge in [-0.05, 0) is 48.4 Å². The fraction of sp³-hybridized carbons (Fsp3) is 0.381. The van der Waals surface area contributed by atoms with E-state index in [0.29, 0.717) is 5.56 Å². The average Bonchev–Trinajstić information content (AvgIpc) is 2.68. The van der Waals surface area contributed by atoms with Gasteiger partial charge < -0.3 is 14.4 Å². The van der Waals surface area contributed by atoms with E-state index in [9.17, 15) is 4.79 Å². The molecule has 4 heteroatoms. The number of ether oxygens (including phenoxy) is 2. The smallest absolute Gasteiger partial charge is 0.253 e. The summed E-state index contributed by atoms with van der Waals surface area (Å²) in [6.45, 7) is 3.59. The van der Waals surface area contributed by atoms with Gasteiger partial charge in [-0.2, -0.15) is 0 Å². The third-order valence-electron chi connectivity index (χ3n) is 4.68. The minimum absolute atomic E-state index is 0.0779. The molecule has 0 radical (unpaired) electrons. The van der Waals surface area contributed by atoms with Gasteiger partial charge in [-0.1, -0.05) is 19.1 Å². The zero-order valence-electron chi connectivity index (χ0n) is 14.9. The lowest BCUT2D eigenvalue weighted by Crippen LogP contribution is -2.41. The highest BCUT2D eigenvalue weighted by atomic mass is 16.5. The predicted molar refractivity (Wildman–Crippen MR) is 98.4 cm³/mol. The highest BCUT2D eigenvalue weighted by Crippen LogP contribution is 2.22. The molecule has 1 aliphatic rings. The van der Waals surface area contributed by atoms with Gasteiger partial charge in [0.05, 0.1) is 7.11 Å². The van der Waals surface area contributed by atoms with Crippen molar-refractivity contribution in [3.63, 3.8) is 0 Å². The Bertz CT molecular complexity index is 703. The van der Waals surface area contributed by atoms with Crippen molar-refractivity contribution in [3.05, 3.63) is 59.7 Å². The van der Waals surface area contributed by atoms with E-state index in [0.717, 1.165) is 43.9 Å². The van der Waals surface area contributed by atoms with Crippen LogP contribution in [0.3, 0.4) is 0 Å². The van der Waals surface area contributed by atoms with Crippen LogP contribution in [0.2, 0.25) is 0 Å². The average molecular weight is 339 g/mol. The predicted octanol–water partition coefficient (Wildman–Crippen LogP) is 3.94. The van der Waals surface area contributed by atoms with Crippen LogP contribution in [0.25, 0.3) is 0 Å². The highest BCUT2D eigenvalue weighted by Gasteiger charge is 2.24. The summed E-state index contributed by atoms with van der Waals surface area (Å²) in [5.41, 5.74) is 1.99. The second-order valence-electron chi connectivity index (χ2n) is 6.34. The first-order valence-electron chi connectivity index (χ1n) is 8.88. The van der Waals surface area contributed by atoms with Gasteiger partial charge in [-0.15, -0.1) is 0 Å². The van der Waals surface area contributed by atoms with Crippen LogP contribution in [-0.2, 0) is 6.42 Å². The van der Waals surface area contributed by atoms with Crippen LogP contribution in [0.15, 0.2) is 48.5 Å². The maximum absolute atomic E-state index is 12.6. The van der Waals surface area contributed by atoms with Gasteiger partial charge in [0, 0.05) is 31.5 Å². The van der Waals surface area contributed by atoms with Crippen molar-refractivity contribution in [2.45, 2.75) is 32.3 Å². The topological polar surface area (TPSA) is 38.8 Å². The molecule has 1 fully saturated rings. The summed E-state index contributed by atoms with van der Waals surface area (Å²) in [6, 6.07) is 15.6. The first-order chi connectivity index (χ1) is 12.2. The molecule has 2 aromatic carbocycles. The van der Waals surface area contributed by atoms with Crippen LogP contribution < -0.4 is 9.47 Å². The third kappa shape index (κ3) is 4.32. The summed E-state index contributed by atoms with van der Waals surface area (Å²) < 4.78 is 11.2. The molecule has 1 heterocycles. The number of rotatable bonds is 5. The lowest BCUT2D eigenvalue weighted by molar-refractivity contribution is 0.0595. The van der Waals surface area contributed by atoms with E-state index in [-0.39, 0.29) is 12.0 Å². The van der Waals surface area contributed by atoms with Gasteiger partial charge in [-0.3, -0.25) is 4.79 Å². The SMILES string of the molecule is CCc1cccc(OC2CCN(C(=O)c3ccc(OC)cc3)CC2)c1. The van der Waals surface area contributed by atoms with E-state index < -0.39 is 0 Å². The van der Waals surface area contributed by atoms with Crippen LogP contribution in [0.4, 0.5) is 0 Å². The van der Waals surface area contributed by atoms with Crippen molar-refractivity contribution >= 4 is 5.91 Å². The monoisotopic (exact) mass is 339 g/mol. The van der Waals surface area contributed by atoms with Crippen molar-refractivity contribution in [3.8, 4) is 11.5 Å². The Kier molecular flexibility index (Phi) is 5.59. The normalized spacial score (nSPS) is 15.0. The molecule has 0 saturated carbocycles. The Morgan fingerprint density at radius 1 is 1.08 bits per heavy atom. The van der Waals surface area contributed by atoms with Crippen molar-refractivity contribution in [1.29, 1.82) is 0 Å². The number of nitrogens with zero attached hydrogens (tertiary/aromatic N) is 1. The van der Waals surface area contributed by atoms with Crippen LogP contribution >= 0.6 is 0 Å². The molecule has 25 heavy (non-hydrogen) atoms. The summed E-state index contributed by atoms with van der Waals surface area (Å²) in [7, 11) is 1.62. The van der Waals surface area contributed by atoms with E-state index in [4.69, 9.17) is 9.47 Å². The lowest BCUT2D eigenvalue weighted by Gasteiger charge is -2.32. The van der Waals surface area contributed by atoms with E-state index in [2.05, 4.69) is 19.1 Å². The van der Waals surface area contributed by atoms with Gasteiger partial charge in [0.25, 0.3) is 5.91 Å². The molecule has 4 nitrogen and oxygen atoms in total. The molecule has 0 N–H and O–H groups in total. The number of aryl methyl sites for hydroxylation is 1. The third-order valence-corrected chi connectivity index (χ3v) is 4.68. The number of methoxy groups -OCH3 is 1. The second-order valence-corrected chi connectivity index (χ2v) is 6.34. The van der Waals surface area contributed by atoms with E-state index in [1.807, 2.05) is 41.3 Å². The van der Waals surface area contributed by atoms with Crippen LogP contribution in [0.1, 0.15) is 35.7 Å². The molecule has 3 rings (SSSR count). The first kappa shape index (κ1) is 17.3. The molecule has 0 aromatic heterocycles. The van der Waals surface area contributed by atoms with Gasteiger partial charge in [0.2, 0.25) is 0 Å². The van der Waals surface area contributed by atoms with Crippen LogP contribution in [-0.4, -0.2) is 37.1 Å². The Hall–Kier alpha value is -2.49. The van der Waals surface area contributed by atoms with Crippen LogP contribution in [0.5, 0.6) is 11.5 Å². The maximum Gasteiger partial charge on any atom is 0.253 e. The molecule has 0 unspecified atom stereocenters. The Morgan fingerprint density at radius 2 is 1.80 bits per heavy atom. The van der Waals surface area contributed by atoms with Gasteiger partial charge in [0.15, 0.2) is 0 Å². The molecule has 0 bridgehead atoms. The number of likely N-dealkylation sites (tertiary alicyclic amines) is 1. The number of piperidine rings is 1. The molecule has 0 atom stereocenters. The molecular formula is C21H25NO3. The molecule has 0 spiro atoms. The Morgan fingerprint density at radius 3 is 2.44 bits per heavy atom. The molecule has 1 saturated heterocycles. The molecule has 1 aliphatic heterocycles. The zero-order chi connectivity index (χ0) is 17.6. The standard InChI is InChI=1S/C21H25NO3/c1-3-16-5-4-6-20(15-16)25-19-11-13-22(14-12-19)21(23)17-7-9-18(24-2)10-8-17/h4-10,15,19H,3,11-14H2,1-2H3. The molecule has 132 valence electrons. The van der Waals surface area contributed by atoms with E-state index in [1.165, 1.54) is 5.56 Å².